The van der Waals surface area contributed by atoms with Crippen LogP contribution in [0.25, 0.3) is 0 Å². The van der Waals surface area contributed by atoms with E-state index in [2.05, 4.69) is 4.90 Å². The highest BCUT2D eigenvalue weighted by Gasteiger charge is 2.09. The van der Waals surface area contributed by atoms with Crippen molar-refractivity contribution in [2.45, 2.75) is 6.42 Å². The minimum atomic E-state index is 0.0683. The molecular formula is C9H21N3O. The first-order valence-electron chi connectivity index (χ1n) is 4.52. The minimum absolute atomic E-state index is 0.0683. The SMILES string of the molecule is CN(C)CCCN(C)C(=O)N(C)C. The Morgan fingerprint density at radius 1 is 1.00 bits per heavy atom. The van der Waals surface area contributed by atoms with Gasteiger partial charge < -0.3 is 14.7 Å². The van der Waals surface area contributed by atoms with E-state index in [1.807, 2.05) is 21.1 Å². The lowest BCUT2D eigenvalue weighted by atomic mass is 10.4. The van der Waals surface area contributed by atoms with Gasteiger partial charge >= 0.3 is 6.03 Å². The maximum atomic E-state index is 11.4. The molecule has 4 heteroatoms. The second-order valence-corrected chi connectivity index (χ2v) is 3.76. The van der Waals surface area contributed by atoms with Gasteiger partial charge in [0, 0.05) is 27.7 Å². The topological polar surface area (TPSA) is 26.8 Å². The van der Waals surface area contributed by atoms with Gasteiger partial charge in [0.1, 0.15) is 0 Å². The molecule has 0 spiro atoms. The minimum Gasteiger partial charge on any atom is -0.331 e. The summed E-state index contributed by atoms with van der Waals surface area (Å²) in [6, 6.07) is 0.0683. The van der Waals surface area contributed by atoms with Gasteiger partial charge in [0.25, 0.3) is 0 Å². The van der Waals surface area contributed by atoms with Gasteiger partial charge in [-0.3, -0.25) is 0 Å². The average molecular weight is 187 g/mol. The van der Waals surface area contributed by atoms with Crippen LogP contribution in [0.15, 0.2) is 0 Å². The number of amides is 2. The molecule has 0 unspecified atom stereocenters. The smallest absolute Gasteiger partial charge is 0.319 e. The van der Waals surface area contributed by atoms with E-state index in [0.717, 1.165) is 19.5 Å². The number of urea groups is 1. The van der Waals surface area contributed by atoms with Crippen molar-refractivity contribution in [1.82, 2.24) is 14.7 Å². The fourth-order valence-corrected chi connectivity index (χ4v) is 1.06. The Balaban J connectivity index is 3.62. The lowest BCUT2D eigenvalue weighted by Gasteiger charge is -2.22. The molecule has 0 aromatic rings. The molecule has 78 valence electrons. The molecule has 0 radical (unpaired) electrons. The molecule has 0 saturated heterocycles. The van der Waals surface area contributed by atoms with Gasteiger partial charge in [0.05, 0.1) is 0 Å². The molecule has 0 aliphatic heterocycles. The van der Waals surface area contributed by atoms with E-state index < -0.39 is 0 Å². The van der Waals surface area contributed by atoms with Crippen molar-refractivity contribution in [1.29, 1.82) is 0 Å². The predicted octanol–water partition coefficient (Wildman–Crippen LogP) is 0.552. The van der Waals surface area contributed by atoms with Crippen LogP contribution in [0, 0.1) is 0 Å². The molecule has 0 aliphatic rings. The summed E-state index contributed by atoms with van der Waals surface area (Å²) in [5.41, 5.74) is 0. The van der Waals surface area contributed by atoms with Crippen molar-refractivity contribution in [3.63, 3.8) is 0 Å². The Morgan fingerprint density at radius 3 is 1.92 bits per heavy atom. The van der Waals surface area contributed by atoms with Crippen molar-refractivity contribution in [2.75, 3.05) is 48.3 Å². The van der Waals surface area contributed by atoms with Crippen LogP contribution in [-0.4, -0.2) is 69.1 Å². The lowest BCUT2D eigenvalue weighted by Crippen LogP contribution is -2.37. The highest BCUT2D eigenvalue weighted by atomic mass is 16.2. The lowest BCUT2D eigenvalue weighted by molar-refractivity contribution is 0.180. The van der Waals surface area contributed by atoms with E-state index in [-0.39, 0.29) is 6.03 Å². The predicted molar refractivity (Wildman–Crippen MR) is 54.9 cm³/mol. The average Bonchev–Trinajstić information content (AvgIpc) is 2.02. The number of hydrogen-bond donors (Lipinski definition) is 0. The first kappa shape index (κ1) is 12.2. The van der Waals surface area contributed by atoms with Crippen LogP contribution in [0.3, 0.4) is 0 Å². The summed E-state index contributed by atoms with van der Waals surface area (Å²) in [4.78, 5) is 16.8. The number of rotatable bonds is 4. The number of carbonyl (C=O) groups excluding carboxylic acids is 1. The van der Waals surface area contributed by atoms with Crippen LogP contribution in [0.2, 0.25) is 0 Å². The molecule has 4 nitrogen and oxygen atoms in total. The molecule has 0 N–H and O–H groups in total. The van der Waals surface area contributed by atoms with Crippen molar-refractivity contribution >= 4 is 6.03 Å². The van der Waals surface area contributed by atoms with Crippen LogP contribution < -0.4 is 0 Å². The van der Waals surface area contributed by atoms with Crippen molar-refractivity contribution in [3.05, 3.63) is 0 Å². The summed E-state index contributed by atoms with van der Waals surface area (Å²) in [6.07, 6.45) is 1.02. The zero-order valence-corrected chi connectivity index (χ0v) is 9.37. The largest absolute Gasteiger partial charge is 0.331 e. The summed E-state index contributed by atoms with van der Waals surface area (Å²) in [6.45, 7) is 1.83. The summed E-state index contributed by atoms with van der Waals surface area (Å²) in [7, 11) is 9.44. The third-order valence-electron chi connectivity index (χ3n) is 1.81. The fourth-order valence-electron chi connectivity index (χ4n) is 1.06. The van der Waals surface area contributed by atoms with E-state index in [1.165, 1.54) is 0 Å². The second kappa shape index (κ2) is 5.80. The van der Waals surface area contributed by atoms with E-state index in [9.17, 15) is 4.79 Å². The molecule has 0 aliphatic carbocycles. The van der Waals surface area contributed by atoms with Crippen molar-refractivity contribution in [2.24, 2.45) is 0 Å². The van der Waals surface area contributed by atoms with Crippen LogP contribution >= 0.6 is 0 Å². The molecule has 13 heavy (non-hydrogen) atoms. The number of nitrogens with zero attached hydrogens (tertiary/aromatic N) is 3. The standard InChI is InChI=1S/C9H21N3O/c1-10(2)7-6-8-12(5)9(13)11(3)4/h6-8H2,1-5H3. The normalized spacial score (nSPS) is 10.3. The first-order valence-corrected chi connectivity index (χ1v) is 4.52. The molecule has 0 heterocycles. The molecule has 0 rings (SSSR count). The number of hydrogen-bond acceptors (Lipinski definition) is 2. The molecule has 0 atom stereocenters. The van der Waals surface area contributed by atoms with E-state index in [4.69, 9.17) is 0 Å². The van der Waals surface area contributed by atoms with E-state index >= 15 is 0 Å². The second-order valence-electron chi connectivity index (χ2n) is 3.76. The van der Waals surface area contributed by atoms with Crippen molar-refractivity contribution < 1.29 is 4.79 Å². The van der Waals surface area contributed by atoms with Gasteiger partial charge in [-0.1, -0.05) is 0 Å². The summed E-state index contributed by atoms with van der Waals surface area (Å²) >= 11 is 0. The Morgan fingerprint density at radius 2 is 1.54 bits per heavy atom. The molecule has 0 aromatic heterocycles. The first-order chi connectivity index (χ1) is 5.95. The maximum Gasteiger partial charge on any atom is 0.319 e. The van der Waals surface area contributed by atoms with Crippen LogP contribution in [0.1, 0.15) is 6.42 Å². The maximum absolute atomic E-state index is 11.4. The highest BCUT2D eigenvalue weighted by molar-refractivity contribution is 5.73. The summed E-state index contributed by atoms with van der Waals surface area (Å²) in [5.74, 6) is 0. The van der Waals surface area contributed by atoms with Crippen molar-refractivity contribution in [3.8, 4) is 0 Å². The monoisotopic (exact) mass is 187 g/mol. The Bertz CT molecular complexity index is 157. The fraction of sp³-hybridized carbons (Fsp3) is 0.889. The summed E-state index contributed by atoms with van der Waals surface area (Å²) < 4.78 is 0. The molecule has 0 fully saturated rings. The van der Waals surface area contributed by atoms with Gasteiger partial charge in [0.2, 0.25) is 0 Å². The van der Waals surface area contributed by atoms with Gasteiger partial charge in [-0.25, -0.2) is 4.79 Å². The number of carbonyl (C=O) groups is 1. The van der Waals surface area contributed by atoms with Crippen LogP contribution in [-0.2, 0) is 0 Å². The van der Waals surface area contributed by atoms with Crippen LogP contribution in [0.4, 0.5) is 4.79 Å². The molecule has 0 bridgehead atoms. The van der Waals surface area contributed by atoms with E-state index in [1.54, 1.807) is 23.9 Å². The molecule has 2 amide bonds. The Labute approximate surface area is 81.1 Å². The quantitative estimate of drug-likeness (QED) is 0.642. The zero-order chi connectivity index (χ0) is 10.4. The Kier molecular flexibility index (Phi) is 5.46. The van der Waals surface area contributed by atoms with E-state index in [0.29, 0.717) is 0 Å². The Hall–Kier alpha value is -0.770. The summed E-state index contributed by atoms with van der Waals surface area (Å²) in [5, 5.41) is 0. The zero-order valence-electron chi connectivity index (χ0n) is 9.37. The van der Waals surface area contributed by atoms with Gasteiger partial charge in [-0.05, 0) is 27.1 Å². The van der Waals surface area contributed by atoms with Gasteiger partial charge in [-0.2, -0.15) is 0 Å². The van der Waals surface area contributed by atoms with Crippen LogP contribution in [0.5, 0.6) is 0 Å². The third-order valence-corrected chi connectivity index (χ3v) is 1.81. The molecule has 0 saturated carbocycles. The highest BCUT2D eigenvalue weighted by Crippen LogP contribution is 1.93. The third kappa shape index (κ3) is 5.47. The van der Waals surface area contributed by atoms with Gasteiger partial charge in [0.15, 0.2) is 0 Å². The van der Waals surface area contributed by atoms with Gasteiger partial charge in [-0.15, -0.1) is 0 Å². The molecule has 0 aromatic carbocycles. The molecular weight excluding hydrogens is 166 g/mol.